The number of fused-ring (bicyclic) bond motifs is 1. The van der Waals surface area contributed by atoms with Gasteiger partial charge in [0.05, 0.1) is 23.0 Å². The number of hydrogen-bond donors (Lipinski definition) is 0. The molecule has 0 bridgehead atoms. The van der Waals surface area contributed by atoms with Crippen LogP contribution in [0.15, 0.2) is 41.9 Å². The summed E-state index contributed by atoms with van der Waals surface area (Å²) in [6, 6.07) is 7.69. The van der Waals surface area contributed by atoms with Crippen LogP contribution in [0.1, 0.15) is 36.1 Å². The zero-order valence-corrected chi connectivity index (χ0v) is 16.2. The van der Waals surface area contributed by atoms with Gasteiger partial charge in [-0.3, -0.25) is 9.48 Å². The molecular weight excluding hydrogens is 348 g/mol. The van der Waals surface area contributed by atoms with Crippen LogP contribution in [0.3, 0.4) is 0 Å². The molecule has 0 atom stereocenters. The third-order valence-electron chi connectivity index (χ3n) is 3.96. The van der Waals surface area contributed by atoms with E-state index in [1.807, 2.05) is 43.5 Å². The van der Waals surface area contributed by atoms with Crippen molar-refractivity contribution in [1.29, 1.82) is 0 Å². The van der Waals surface area contributed by atoms with Crippen LogP contribution < -0.4 is 9.54 Å². The van der Waals surface area contributed by atoms with Crippen LogP contribution >= 0.6 is 11.3 Å². The molecule has 7 heteroatoms. The first-order valence-corrected chi connectivity index (χ1v) is 9.19. The molecular formula is C19H22N4O2S. The van der Waals surface area contributed by atoms with E-state index in [1.165, 1.54) is 11.3 Å². The molecule has 0 unspecified atom stereocenters. The minimum atomic E-state index is -0.296. The van der Waals surface area contributed by atoms with Gasteiger partial charge in [-0.15, -0.1) is 6.58 Å². The molecule has 3 rings (SSSR count). The first-order valence-electron chi connectivity index (χ1n) is 8.38. The predicted molar refractivity (Wildman–Crippen MR) is 104 cm³/mol. The Balaban J connectivity index is 2.15. The lowest BCUT2D eigenvalue weighted by Gasteiger charge is -2.08. The zero-order chi connectivity index (χ0) is 18.8. The third kappa shape index (κ3) is 3.35. The van der Waals surface area contributed by atoms with E-state index in [9.17, 15) is 4.79 Å². The van der Waals surface area contributed by atoms with Gasteiger partial charge in [-0.25, -0.2) is 0 Å². The number of methoxy groups -OCH3 is 1. The molecule has 0 aliphatic rings. The molecule has 3 aromatic rings. The van der Waals surface area contributed by atoms with Crippen molar-refractivity contribution in [2.24, 2.45) is 4.99 Å². The average molecular weight is 370 g/mol. The quantitative estimate of drug-likeness (QED) is 0.643. The number of aromatic nitrogens is 3. The second-order valence-corrected chi connectivity index (χ2v) is 7.25. The minimum Gasteiger partial charge on any atom is -0.497 e. The largest absolute Gasteiger partial charge is 0.497 e. The number of benzene rings is 1. The van der Waals surface area contributed by atoms with Crippen molar-refractivity contribution in [2.75, 3.05) is 7.11 Å². The fraction of sp³-hybridized carbons (Fsp3) is 0.316. The van der Waals surface area contributed by atoms with Crippen LogP contribution in [0.2, 0.25) is 0 Å². The lowest BCUT2D eigenvalue weighted by atomic mass is 10.3. The van der Waals surface area contributed by atoms with Crippen molar-refractivity contribution in [3.8, 4) is 5.75 Å². The van der Waals surface area contributed by atoms with Gasteiger partial charge in [-0.2, -0.15) is 10.1 Å². The van der Waals surface area contributed by atoms with E-state index in [0.29, 0.717) is 17.0 Å². The Morgan fingerprint density at radius 3 is 2.85 bits per heavy atom. The molecule has 0 spiro atoms. The standard InChI is InChI=1S/C19H22N4O2S/c1-6-9-22-15-8-7-14(25-5)11-17(15)26-19(22)20-18(24)16-10-13(4)21-23(16)12(2)3/h6-8,10-12H,1,9H2,2-5H3. The number of allylic oxidation sites excluding steroid dienone is 1. The topological polar surface area (TPSA) is 61.4 Å². The van der Waals surface area contributed by atoms with E-state index >= 15 is 0 Å². The zero-order valence-electron chi connectivity index (χ0n) is 15.4. The van der Waals surface area contributed by atoms with Gasteiger partial charge in [0.2, 0.25) is 0 Å². The van der Waals surface area contributed by atoms with Crippen molar-refractivity contribution >= 4 is 27.5 Å². The number of rotatable bonds is 5. The number of aryl methyl sites for hydroxylation is 1. The molecule has 0 radical (unpaired) electrons. The van der Waals surface area contributed by atoms with Crippen molar-refractivity contribution in [1.82, 2.24) is 14.3 Å². The molecule has 136 valence electrons. The van der Waals surface area contributed by atoms with Gasteiger partial charge >= 0.3 is 0 Å². The van der Waals surface area contributed by atoms with Crippen molar-refractivity contribution in [3.63, 3.8) is 0 Å². The van der Waals surface area contributed by atoms with Gasteiger partial charge in [-0.05, 0) is 45.0 Å². The summed E-state index contributed by atoms with van der Waals surface area (Å²) in [5.41, 5.74) is 2.30. The average Bonchev–Trinajstić information content (AvgIpc) is 3.16. The van der Waals surface area contributed by atoms with E-state index < -0.39 is 0 Å². The molecule has 0 saturated heterocycles. The number of amides is 1. The maximum atomic E-state index is 12.8. The summed E-state index contributed by atoms with van der Waals surface area (Å²) in [6.07, 6.45) is 1.79. The molecule has 0 aliphatic carbocycles. The second-order valence-electron chi connectivity index (χ2n) is 6.24. The Hall–Kier alpha value is -2.67. The van der Waals surface area contributed by atoms with Crippen LogP contribution in [0.5, 0.6) is 5.75 Å². The summed E-state index contributed by atoms with van der Waals surface area (Å²) in [5.74, 6) is 0.478. The van der Waals surface area contributed by atoms with Gasteiger partial charge in [0, 0.05) is 12.6 Å². The summed E-state index contributed by atoms with van der Waals surface area (Å²) < 4.78 is 10.00. The summed E-state index contributed by atoms with van der Waals surface area (Å²) in [7, 11) is 1.64. The Morgan fingerprint density at radius 1 is 1.42 bits per heavy atom. The van der Waals surface area contributed by atoms with Crippen molar-refractivity contribution in [3.05, 3.63) is 53.1 Å². The van der Waals surface area contributed by atoms with E-state index in [1.54, 1.807) is 23.9 Å². The lowest BCUT2D eigenvalue weighted by molar-refractivity contribution is 0.0986. The minimum absolute atomic E-state index is 0.0878. The fourth-order valence-corrected chi connectivity index (χ4v) is 3.85. The number of thiazole rings is 1. The SMILES string of the molecule is C=CCn1c(=NC(=O)c2cc(C)nn2C(C)C)sc2cc(OC)ccc21. The first-order chi connectivity index (χ1) is 12.4. The molecule has 6 nitrogen and oxygen atoms in total. The van der Waals surface area contributed by atoms with Gasteiger partial charge < -0.3 is 9.30 Å². The predicted octanol–water partition coefficient (Wildman–Crippen LogP) is 3.72. The highest BCUT2D eigenvalue weighted by Crippen LogP contribution is 2.23. The number of carbonyl (C=O) groups is 1. The van der Waals surface area contributed by atoms with Crippen molar-refractivity contribution in [2.45, 2.75) is 33.4 Å². The van der Waals surface area contributed by atoms with Crippen LogP contribution in [0.25, 0.3) is 10.2 Å². The van der Waals surface area contributed by atoms with Crippen molar-refractivity contribution < 1.29 is 9.53 Å². The Morgan fingerprint density at radius 2 is 2.19 bits per heavy atom. The molecule has 1 amide bonds. The summed E-state index contributed by atoms with van der Waals surface area (Å²) in [5, 5.41) is 4.40. The number of ether oxygens (including phenoxy) is 1. The second kappa shape index (κ2) is 7.29. The highest BCUT2D eigenvalue weighted by atomic mass is 32.1. The molecule has 0 fully saturated rings. The Labute approximate surface area is 156 Å². The normalized spacial score (nSPS) is 12.1. The van der Waals surface area contributed by atoms with Crippen LogP contribution in [0.4, 0.5) is 0 Å². The number of nitrogens with zero attached hydrogens (tertiary/aromatic N) is 4. The Bertz CT molecular complexity index is 1040. The highest BCUT2D eigenvalue weighted by Gasteiger charge is 2.16. The Kier molecular flexibility index (Phi) is 5.08. The van der Waals surface area contributed by atoms with Gasteiger partial charge in [0.25, 0.3) is 5.91 Å². The molecule has 26 heavy (non-hydrogen) atoms. The maximum Gasteiger partial charge on any atom is 0.297 e. The van der Waals surface area contributed by atoms with Crippen LogP contribution in [0, 0.1) is 6.92 Å². The molecule has 2 heterocycles. The summed E-state index contributed by atoms with van der Waals surface area (Å²) in [4.78, 5) is 17.8. The fourth-order valence-electron chi connectivity index (χ4n) is 2.79. The molecule has 0 aliphatic heterocycles. The van der Waals surface area contributed by atoms with Gasteiger partial charge in [-0.1, -0.05) is 17.4 Å². The molecule has 0 N–H and O–H groups in total. The maximum absolute atomic E-state index is 12.8. The number of hydrogen-bond acceptors (Lipinski definition) is 4. The third-order valence-corrected chi connectivity index (χ3v) is 5.01. The smallest absolute Gasteiger partial charge is 0.297 e. The highest BCUT2D eigenvalue weighted by molar-refractivity contribution is 7.16. The first kappa shape index (κ1) is 18.1. The van der Waals surface area contributed by atoms with E-state index in [4.69, 9.17) is 4.74 Å². The summed E-state index contributed by atoms with van der Waals surface area (Å²) >= 11 is 1.46. The molecule has 2 aromatic heterocycles. The van der Waals surface area contributed by atoms with Crippen LogP contribution in [-0.2, 0) is 6.54 Å². The van der Waals surface area contributed by atoms with E-state index in [-0.39, 0.29) is 11.9 Å². The number of carbonyl (C=O) groups excluding carboxylic acids is 1. The molecule has 0 saturated carbocycles. The van der Waals surface area contributed by atoms with Gasteiger partial charge in [0.1, 0.15) is 11.4 Å². The molecule has 1 aromatic carbocycles. The van der Waals surface area contributed by atoms with Gasteiger partial charge in [0.15, 0.2) is 4.80 Å². The summed E-state index contributed by atoms with van der Waals surface area (Å²) in [6.45, 7) is 10.2. The van der Waals surface area contributed by atoms with Crippen LogP contribution in [-0.4, -0.2) is 27.4 Å². The monoisotopic (exact) mass is 370 g/mol. The lowest BCUT2D eigenvalue weighted by Crippen LogP contribution is -2.18. The van der Waals surface area contributed by atoms with E-state index in [2.05, 4.69) is 16.7 Å². The van der Waals surface area contributed by atoms with E-state index in [0.717, 1.165) is 21.7 Å².